The van der Waals surface area contributed by atoms with Gasteiger partial charge < -0.3 is 15.3 Å². The van der Waals surface area contributed by atoms with Gasteiger partial charge in [0.2, 0.25) is 0 Å². The van der Waals surface area contributed by atoms with Crippen molar-refractivity contribution in [1.82, 2.24) is 10.2 Å². The first-order chi connectivity index (χ1) is 13.2. The van der Waals surface area contributed by atoms with Gasteiger partial charge in [0.25, 0.3) is 0 Å². The van der Waals surface area contributed by atoms with E-state index < -0.39 is 6.10 Å². The van der Waals surface area contributed by atoms with Crippen LogP contribution in [0.4, 0.5) is 4.79 Å². The SMILES string of the molecule is CCCCCCCCCN(Cc1ccccc1)C(=O)NC1CCCCC1O. The number of carbonyl (C=O) groups is 1. The number of unbranched alkanes of at least 4 members (excludes halogenated alkanes) is 6. The average Bonchev–Trinajstić information content (AvgIpc) is 2.69. The highest BCUT2D eigenvalue weighted by Gasteiger charge is 2.26. The molecule has 27 heavy (non-hydrogen) atoms. The van der Waals surface area contributed by atoms with E-state index in [-0.39, 0.29) is 12.1 Å². The Balaban J connectivity index is 1.83. The molecule has 1 aromatic carbocycles. The van der Waals surface area contributed by atoms with E-state index in [0.717, 1.165) is 44.2 Å². The molecule has 0 aliphatic heterocycles. The molecule has 1 aromatic rings. The van der Waals surface area contributed by atoms with Gasteiger partial charge in [0, 0.05) is 13.1 Å². The summed E-state index contributed by atoms with van der Waals surface area (Å²) in [6.07, 6.45) is 12.1. The Morgan fingerprint density at radius 3 is 2.41 bits per heavy atom. The van der Waals surface area contributed by atoms with Gasteiger partial charge >= 0.3 is 6.03 Å². The van der Waals surface area contributed by atoms with Crippen LogP contribution in [0.15, 0.2) is 30.3 Å². The summed E-state index contributed by atoms with van der Waals surface area (Å²) < 4.78 is 0. The Labute approximate surface area is 165 Å². The van der Waals surface area contributed by atoms with Gasteiger partial charge in [0.15, 0.2) is 0 Å². The monoisotopic (exact) mass is 374 g/mol. The standard InChI is InChI=1S/C23H38N2O2/c1-2-3-4-5-6-7-13-18-25(19-20-14-9-8-10-15-20)23(27)24-21-16-11-12-17-22(21)26/h8-10,14-15,21-22,26H,2-7,11-13,16-19H2,1H3,(H,24,27). The average molecular weight is 375 g/mol. The molecule has 152 valence electrons. The third-order valence-electron chi connectivity index (χ3n) is 5.57. The van der Waals surface area contributed by atoms with Crippen molar-refractivity contribution < 1.29 is 9.90 Å². The fraction of sp³-hybridized carbons (Fsp3) is 0.696. The van der Waals surface area contributed by atoms with Crippen LogP contribution in [0, 0.1) is 0 Å². The number of carbonyl (C=O) groups excluding carboxylic acids is 1. The van der Waals surface area contributed by atoms with Gasteiger partial charge in [0.05, 0.1) is 12.1 Å². The molecule has 0 radical (unpaired) electrons. The molecule has 0 heterocycles. The summed E-state index contributed by atoms with van der Waals surface area (Å²) in [7, 11) is 0. The maximum atomic E-state index is 12.9. The Kier molecular flexibility index (Phi) is 10.3. The van der Waals surface area contributed by atoms with Gasteiger partial charge in [-0.1, -0.05) is 88.6 Å². The molecule has 1 fully saturated rings. The second-order valence-corrected chi connectivity index (χ2v) is 7.94. The largest absolute Gasteiger partial charge is 0.391 e. The summed E-state index contributed by atoms with van der Waals surface area (Å²) in [5.74, 6) is 0. The Morgan fingerprint density at radius 2 is 1.70 bits per heavy atom. The highest BCUT2D eigenvalue weighted by Crippen LogP contribution is 2.19. The van der Waals surface area contributed by atoms with Gasteiger partial charge in [-0.15, -0.1) is 0 Å². The topological polar surface area (TPSA) is 52.6 Å². The van der Waals surface area contributed by atoms with Crippen LogP contribution < -0.4 is 5.32 Å². The van der Waals surface area contributed by atoms with E-state index in [4.69, 9.17) is 0 Å². The molecule has 1 aliphatic rings. The predicted octanol–water partition coefficient (Wildman–Crippen LogP) is 5.25. The van der Waals surface area contributed by atoms with Gasteiger partial charge in [-0.2, -0.15) is 0 Å². The number of aliphatic hydroxyl groups excluding tert-OH is 1. The summed E-state index contributed by atoms with van der Waals surface area (Å²) in [5.41, 5.74) is 1.15. The maximum absolute atomic E-state index is 12.9. The number of aliphatic hydroxyl groups is 1. The van der Waals surface area contributed by atoms with Crippen LogP contribution in [0.3, 0.4) is 0 Å². The van der Waals surface area contributed by atoms with E-state index in [1.54, 1.807) is 0 Å². The quantitative estimate of drug-likeness (QED) is 0.520. The molecule has 0 spiro atoms. The summed E-state index contributed by atoms with van der Waals surface area (Å²) in [4.78, 5) is 14.8. The minimum atomic E-state index is -0.403. The van der Waals surface area contributed by atoms with Crippen molar-refractivity contribution in [3.05, 3.63) is 35.9 Å². The summed E-state index contributed by atoms with van der Waals surface area (Å²) in [5, 5.41) is 13.3. The molecular weight excluding hydrogens is 336 g/mol. The van der Waals surface area contributed by atoms with Crippen LogP contribution in [0.2, 0.25) is 0 Å². The van der Waals surface area contributed by atoms with Crippen LogP contribution in [0.5, 0.6) is 0 Å². The van der Waals surface area contributed by atoms with Gasteiger partial charge in [-0.05, 0) is 24.8 Å². The van der Waals surface area contributed by atoms with Gasteiger partial charge in [-0.25, -0.2) is 4.79 Å². The van der Waals surface area contributed by atoms with E-state index in [9.17, 15) is 9.90 Å². The zero-order chi connectivity index (χ0) is 19.3. The van der Waals surface area contributed by atoms with E-state index in [1.165, 1.54) is 38.5 Å². The van der Waals surface area contributed by atoms with Crippen molar-refractivity contribution in [2.24, 2.45) is 0 Å². The molecule has 2 N–H and O–H groups in total. The molecule has 0 bridgehead atoms. The normalized spacial score (nSPS) is 19.6. The molecule has 2 amide bonds. The maximum Gasteiger partial charge on any atom is 0.318 e. The van der Waals surface area contributed by atoms with Crippen molar-refractivity contribution in [2.45, 2.75) is 96.2 Å². The lowest BCUT2D eigenvalue weighted by molar-refractivity contribution is 0.0893. The fourth-order valence-corrected chi connectivity index (χ4v) is 3.85. The lowest BCUT2D eigenvalue weighted by Gasteiger charge is -2.31. The molecule has 2 unspecified atom stereocenters. The van der Waals surface area contributed by atoms with Crippen molar-refractivity contribution >= 4 is 6.03 Å². The molecule has 2 rings (SSSR count). The van der Waals surface area contributed by atoms with Crippen LogP contribution >= 0.6 is 0 Å². The third-order valence-corrected chi connectivity index (χ3v) is 5.57. The molecule has 1 aliphatic carbocycles. The van der Waals surface area contributed by atoms with Crippen LogP contribution in [0.25, 0.3) is 0 Å². The third kappa shape index (κ3) is 8.34. The zero-order valence-corrected chi connectivity index (χ0v) is 17.0. The van der Waals surface area contributed by atoms with Gasteiger partial charge in [0.1, 0.15) is 0 Å². The second-order valence-electron chi connectivity index (χ2n) is 7.94. The van der Waals surface area contributed by atoms with Crippen LogP contribution in [-0.4, -0.2) is 34.7 Å². The minimum absolute atomic E-state index is 0.0317. The number of rotatable bonds is 11. The molecular formula is C23H38N2O2. The molecule has 4 heteroatoms. The first-order valence-electron chi connectivity index (χ1n) is 11.0. The number of benzene rings is 1. The van der Waals surface area contributed by atoms with Gasteiger partial charge in [-0.3, -0.25) is 0 Å². The smallest absolute Gasteiger partial charge is 0.318 e. The van der Waals surface area contributed by atoms with Crippen molar-refractivity contribution in [1.29, 1.82) is 0 Å². The minimum Gasteiger partial charge on any atom is -0.391 e. The van der Waals surface area contributed by atoms with E-state index in [0.29, 0.717) is 6.54 Å². The summed E-state index contributed by atoms with van der Waals surface area (Å²) in [6, 6.07) is 10.0. The first kappa shape index (κ1) is 21.7. The summed E-state index contributed by atoms with van der Waals surface area (Å²) in [6.45, 7) is 3.64. The lowest BCUT2D eigenvalue weighted by atomic mass is 9.93. The Bertz CT molecular complexity index is 520. The number of hydrogen-bond donors (Lipinski definition) is 2. The number of urea groups is 1. The summed E-state index contributed by atoms with van der Waals surface area (Å²) >= 11 is 0. The molecule has 4 nitrogen and oxygen atoms in total. The van der Waals surface area contributed by atoms with Crippen LogP contribution in [0.1, 0.15) is 83.1 Å². The Hall–Kier alpha value is -1.55. The highest BCUT2D eigenvalue weighted by molar-refractivity contribution is 5.74. The number of nitrogens with one attached hydrogen (secondary N) is 1. The Morgan fingerprint density at radius 1 is 1.04 bits per heavy atom. The molecule has 0 saturated heterocycles. The fourth-order valence-electron chi connectivity index (χ4n) is 3.85. The highest BCUT2D eigenvalue weighted by atomic mass is 16.3. The van der Waals surface area contributed by atoms with Crippen molar-refractivity contribution in [3.8, 4) is 0 Å². The van der Waals surface area contributed by atoms with Crippen molar-refractivity contribution in [3.63, 3.8) is 0 Å². The first-order valence-corrected chi connectivity index (χ1v) is 11.0. The van der Waals surface area contributed by atoms with Crippen LogP contribution in [-0.2, 0) is 6.54 Å². The predicted molar refractivity (Wildman–Crippen MR) is 112 cm³/mol. The van der Waals surface area contributed by atoms with E-state index in [2.05, 4.69) is 24.4 Å². The number of amides is 2. The molecule has 2 atom stereocenters. The molecule has 0 aromatic heterocycles. The van der Waals surface area contributed by atoms with E-state index in [1.807, 2.05) is 23.1 Å². The number of hydrogen-bond acceptors (Lipinski definition) is 2. The lowest BCUT2D eigenvalue weighted by Crippen LogP contribution is -2.50. The number of nitrogens with zero attached hydrogens (tertiary/aromatic N) is 1. The second kappa shape index (κ2) is 12.8. The van der Waals surface area contributed by atoms with Crippen molar-refractivity contribution in [2.75, 3.05) is 6.54 Å². The molecule has 1 saturated carbocycles. The van der Waals surface area contributed by atoms with E-state index >= 15 is 0 Å². The zero-order valence-electron chi connectivity index (χ0n) is 17.0.